The zero-order valence-electron chi connectivity index (χ0n) is 6.63. The molecule has 0 aromatic heterocycles. The SMILES string of the molecule is Cc1cc(F)ccc1C(C)S. The van der Waals surface area contributed by atoms with E-state index < -0.39 is 0 Å². The van der Waals surface area contributed by atoms with Crippen molar-refractivity contribution in [1.29, 1.82) is 0 Å². The van der Waals surface area contributed by atoms with Gasteiger partial charge in [0, 0.05) is 5.25 Å². The van der Waals surface area contributed by atoms with Gasteiger partial charge in [0.1, 0.15) is 5.82 Å². The first-order valence-corrected chi connectivity index (χ1v) is 4.07. The highest BCUT2D eigenvalue weighted by atomic mass is 32.1. The second-order valence-corrected chi connectivity index (χ2v) is 3.45. The van der Waals surface area contributed by atoms with Crippen molar-refractivity contribution in [2.45, 2.75) is 19.1 Å². The van der Waals surface area contributed by atoms with E-state index in [4.69, 9.17) is 0 Å². The van der Waals surface area contributed by atoms with Crippen molar-refractivity contribution in [3.05, 3.63) is 35.1 Å². The molecular formula is C9H11FS. The fourth-order valence-electron chi connectivity index (χ4n) is 1.11. The zero-order valence-corrected chi connectivity index (χ0v) is 7.53. The minimum atomic E-state index is -0.180. The van der Waals surface area contributed by atoms with Crippen molar-refractivity contribution in [2.75, 3.05) is 0 Å². The van der Waals surface area contributed by atoms with Gasteiger partial charge in [-0.2, -0.15) is 12.6 Å². The maximum Gasteiger partial charge on any atom is 0.123 e. The minimum Gasteiger partial charge on any atom is -0.207 e. The summed E-state index contributed by atoms with van der Waals surface area (Å²) >= 11 is 4.27. The molecule has 0 N–H and O–H groups in total. The molecule has 11 heavy (non-hydrogen) atoms. The van der Waals surface area contributed by atoms with E-state index in [1.165, 1.54) is 12.1 Å². The number of hydrogen-bond donors (Lipinski definition) is 1. The topological polar surface area (TPSA) is 0 Å². The van der Waals surface area contributed by atoms with Gasteiger partial charge in [-0.05, 0) is 37.1 Å². The molecule has 0 nitrogen and oxygen atoms in total. The Hall–Kier alpha value is -0.500. The predicted molar refractivity (Wildman–Crippen MR) is 48.5 cm³/mol. The summed E-state index contributed by atoms with van der Waals surface area (Å²) in [6.45, 7) is 3.87. The van der Waals surface area contributed by atoms with Crippen LogP contribution < -0.4 is 0 Å². The highest BCUT2D eigenvalue weighted by Gasteiger charge is 2.03. The lowest BCUT2D eigenvalue weighted by molar-refractivity contribution is 0.625. The molecule has 0 amide bonds. The number of benzene rings is 1. The molecule has 0 saturated heterocycles. The van der Waals surface area contributed by atoms with Gasteiger partial charge in [0.25, 0.3) is 0 Å². The van der Waals surface area contributed by atoms with Crippen LogP contribution in [0.1, 0.15) is 23.3 Å². The molecule has 2 heteroatoms. The average Bonchev–Trinajstić information content (AvgIpc) is 1.85. The van der Waals surface area contributed by atoms with E-state index in [0.29, 0.717) is 0 Å². The van der Waals surface area contributed by atoms with Crippen molar-refractivity contribution < 1.29 is 4.39 Å². The first kappa shape index (κ1) is 8.60. The molecule has 1 unspecified atom stereocenters. The van der Waals surface area contributed by atoms with Crippen LogP contribution in [-0.4, -0.2) is 0 Å². The third kappa shape index (κ3) is 1.96. The average molecular weight is 170 g/mol. The summed E-state index contributed by atoms with van der Waals surface area (Å²) < 4.78 is 12.6. The number of rotatable bonds is 1. The third-order valence-corrected chi connectivity index (χ3v) is 1.96. The highest BCUT2D eigenvalue weighted by molar-refractivity contribution is 7.80. The van der Waals surface area contributed by atoms with Gasteiger partial charge < -0.3 is 0 Å². The van der Waals surface area contributed by atoms with Crippen LogP contribution >= 0.6 is 12.6 Å². The molecule has 1 atom stereocenters. The normalized spacial score (nSPS) is 13.1. The zero-order chi connectivity index (χ0) is 8.43. The second kappa shape index (κ2) is 3.26. The van der Waals surface area contributed by atoms with Crippen LogP contribution in [0.5, 0.6) is 0 Å². The molecule has 0 bridgehead atoms. The van der Waals surface area contributed by atoms with Crippen LogP contribution in [0.3, 0.4) is 0 Å². The van der Waals surface area contributed by atoms with Crippen LogP contribution in [0, 0.1) is 12.7 Å². The van der Waals surface area contributed by atoms with Crippen LogP contribution in [0.4, 0.5) is 4.39 Å². The lowest BCUT2D eigenvalue weighted by Crippen LogP contribution is -1.89. The van der Waals surface area contributed by atoms with Crippen molar-refractivity contribution in [3.8, 4) is 0 Å². The predicted octanol–water partition coefficient (Wildman–Crippen LogP) is 3.12. The lowest BCUT2D eigenvalue weighted by Gasteiger charge is -2.07. The van der Waals surface area contributed by atoms with Gasteiger partial charge in [0.2, 0.25) is 0 Å². The quantitative estimate of drug-likeness (QED) is 0.615. The standard InChI is InChI=1S/C9H11FS/c1-6-5-8(10)3-4-9(6)7(2)11/h3-5,7,11H,1-2H3. The molecule has 0 aliphatic heterocycles. The Kier molecular flexibility index (Phi) is 2.55. The maximum atomic E-state index is 12.6. The molecule has 1 aromatic carbocycles. The summed E-state index contributed by atoms with van der Waals surface area (Å²) in [7, 11) is 0. The van der Waals surface area contributed by atoms with Crippen LogP contribution in [-0.2, 0) is 0 Å². The monoisotopic (exact) mass is 170 g/mol. The highest BCUT2D eigenvalue weighted by Crippen LogP contribution is 2.22. The first-order chi connectivity index (χ1) is 5.11. The van der Waals surface area contributed by atoms with Gasteiger partial charge in [-0.1, -0.05) is 6.07 Å². The molecule has 0 aliphatic carbocycles. The molecule has 0 aliphatic rings. The molecule has 0 spiro atoms. The molecule has 0 radical (unpaired) electrons. The van der Waals surface area contributed by atoms with Crippen molar-refractivity contribution in [2.24, 2.45) is 0 Å². The lowest BCUT2D eigenvalue weighted by atomic mass is 10.1. The fraction of sp³-hybridized carbons (Fsp3) is 0.333. The van der Waals surface area contributed by atoms with E-state index >= 15 is 0 Å². The van der Waals surface area contributed by atoms with E-state index in [1.807, 2.05) is 13.8 Å². The molecule has 0 fully saturated rings. The van der Waals surface area contributed by atoms with Crippen molar-refractivity contribution in [3.63, 3.8) is 0 Å². The third-order valence-electron chi connectivity index (χ3n) is 1.68. The van der Waals surface area contributed by atoms with E-state index in [1.54, 1.807) is 6.07 Å². The van der Waals surface area contributed by atoms with Gasteiger partial charge in [0.15, 0.2) is 0 Å². The Morgan fingerprint density at radius 3 is 2.55 bits per heavy atom. The van der Waals surface area contributed by atoms with Gasteiger partial charge in [-0.25, -0.2) is 4.39 Å². The van der Waals surface area contributed by atoms with E-state index in [9.17, 15) is 4.39 Å². The summed E-state index contributed by atoms with van der Waals surface area (Å²) in [6, 6.07) is 4.78. The van der Waals surface area contributed by atoms with E-state index in [-0.39, 0.29) is 11.1 Å². The number of halogens is 1. The Labute approximate surface area is 71.8 Å². The Morgan fingerprint density at radius 2 is 2.09 bits per heavy atom. The molecule has 60 valence electrons. The first-order valence-electron chi connectivity index (χ1n) is 3.55. The Balaban J connectivity index is 3.09. The van der Waals surface area contributed by atoms with Crippen LogP contribution in [0.25, 0.3) is 0 Å². The summed E-state index contributed by atoms with van der Waals surface area (Å²) in [5.74, 6) is -0.180. The summed E-state index contributed by atoms with van der Waals surface area (Å²) in [6.07, 6.45) is 0. The van der Waals surface area contributed by atoms with E-state index in [0.717, 1.165) is 11.1 Å². The fourth-order valence-corrected chi connectivity index (χ4v) is 1.40. The Morgan fingerprint density at radius 1 is 1.45 bits per heavy atom. The molecule has 1 aromatic rings. The molecule has 0 saturated carbocycles. The van der Waals surface area contributed by atoms with Gasteiger partial charge in [-0.3, -0.25) is 0 Å². The summed E-state index contributed by atoms with van der Waals surface area (Å²) in [4.78, 5) is 0. The molecule has 1 rings (SSSR count). The van der Waals surface area contributed by atoms with E-state index in [2.05, 4.69) is 12.6 Å². The Bertz CT molecular complexity index is 256. The number of thiol groups is 1. The number of hydrogen-bond acceptors (Lipinski definition) is 1. The van der Waals surface area contributed by atoms with Gasteiger partial charge in [0.05, 0.1) is 0 Å². The van der Waals surface area contributed by atoms with Crippen LogP contribution in [0.2, 0.25) is 0 Å². The minimum absolute atomic E-state index is 0.176. The van der Waals surface area contributed by atoms with Crippen molar-refractivity contribution >= 4 is 12.6 Å². The second-order valence-electron chi connectivity index (χ2n) is 2.68. The molecule has 0 heterocycles. The smallest absolute Gasteiger partial charge is 0.123 e. The maximum absolute atomic E-state index is 12.6. The van der Waals surface area contributed by atoms with Crippen molar-refractivity contribution in [1.82, 2.24) is 0 Å². The largest absolute Gasteiger partial charge is 0.207 e. The number of aryl methyl sites for hydroxylation is 1. The molecular weight excluding hydrogens is 159 g/mol. The summed E-state index contributed by atoms with van der Waals surface area (Å²) in [5, 5.41) is 0.176. The van der Waals surface area contributed by atoms with Gasteiger partial charge in [-0.15, -0.1) is 0 Å². The van der Waals surface area contributed by atoms with Gasteiger partial charge >= 0.3 is 0 Å². The van der Waals surface area contributed by atoms with Crippen LogP contribution in [0.15, 0.2) is 18.2 Å². The summed E-state index contributed by atoms with van der Waals surface area (Å²) in [5.41, 5.74) is 2.06.